The van der Waals surface area contributed by atoms with E-state index in [1.807, 2.05) is 30.3 Å². The average molecular weight is 267 g/mol. The summed E-state index contributed by atoms with van der Waals surface area (Å²) in [5.41, 5.74) is 2.75. The molecule has 0 saturated heterocycles. The van der Waals surface area contributed by atoms with E-state index < -0.39 is 5.97 Å². The molecule has 1 aromatic carbocycles. The zero-order chi connectivity index (χ0) is 14.1. The molecular weight excluding hydrogens is 254 g/mol. The first kappa shape index (κ1) is 12.3. The minimum absolute atomic E-state index is 0.169. The molecule has 100 valence electrons. The smallest absolute Gasteiger partial charge is 0.354 e. The summed E-state index contributed by atoms with van der Waals surface area (Å²) in [6, 6.07) is 9.98. The van der Waals surface area contributed by atoms with Crippen molar-refractivity contribution in [3.63, 3.8) is 0 Å². The summed E-state index contributed by atoms with van der Waals surface area (Å²) in [6.45, 7) is 1.68. The molecule has 0 bridgehead atoms. The molecule has 5 nitrogen and oxygen atoms in total. The van der Waals surface area contributed by atoms with Crippen LogP contribution in [0.2, 0.25) is 0 Å². The van der Waals surface area contributed by atoms with Gasteiger partial charge in [-0.2, -0.15) is 0 Å². The predicted octanol–water partition coefficient (Wildman–Crippen LogP) is 2.33. The number of aromatic carboxylic acids is 1. The van der Waals surface area contributed by atoms with Crippen LogP contribution in [-0.2, 0) is 6.42 Å². The fourth-order valence-corrected chi connectivity index (χ4v) is 2.26. The highest BCUT2D eigenvalue weighted by atomic mass is 16.4. The van der Waals surface area contributed by atoms with Crippen molar-refractivity contribution in [2.75, 3.05) is 0 Å². The second-order valence-electron chi connectivity index (χ2n) is 4.65. The standard InChI is InChI=1S/C15H13N3O2/c1-10-13(14(19)20)18-9-12(8-16-15(18)17-10)7-11-5-3-2-4-6-11/h2-6,8-9H,7H2,1H3,(H,19,20). The van der Waals surface area contributed by atoms with Crippen LogP contribution in [0.4, 0.5) is 0 Å². The van der Waals surface area contributed by atoms with Crippen molar-refractivity contribution in [3.8, 4) is 0 Å². The van der Waals surface area contributed by atoms with Gasteiger partial charge in [0.05, 0.1) is 5.69 Å². The van der Waals surface area contributed by atoms with Crippen LogP contribution in [0.1, 0.15) is 27.3 Å². The minimum atomic E-state index is -0.992. The molecule has 0 spiro atoms. The summed E-state index contributed by atoms with van der Waals surface area (Å²) in [4.78, 5) is 19.7. The maximum Gasteiger partial charge on any atom is 0.354 e. The summed E-state index contributed by atoms with van der Waals surface area (Å²) in [7, 11) is 0. The first-order valence-electron chi connectivity index (χ1n) is 6.26. The number of hydrogen-bond acceptors (Lipinski definition) is 3. The molecule has 5 heteroatoms. The molecule has 3 aromatic rings. The topological polar surface area (TPSA) is 67.5 Å². The zero-order valence-electron chi connectivity index (χ0n) is 10.9. The van der Waals surface area contributed by atoms with Crippen molar-refractivity contribution >= 4 is 11.7 Å². The number of fused-ring (bicyclic) bond motifs is 1. The van der Waals surface area contributed by atoms with Crippen LogP contribution >= 0.6 is 0 Å². The molecule has 20 heavy (non-hydrogen) atoms. The summed E-state index contributed by atoms with van der Waals surface area (Å²) >= 11 is 0. The van der Waals surface area contributed by atoms with E-state index in [1.165, 1.54) is 4.40 Å². The van der Waals surface area contributed by atoms with E-state index in [4.69, 9.17) is 0 Å². The molecule has 0 saturated carbocycles. The van der Waals surface area contributed by atoms with Crippen LogP contribution < -0.4 is 0 Å². The molecule has 3 rings (SSSR count). The van der Waals surface area contributed by atoms with Crippen molar-refractivity contribution < 1.29 is 9.90 Å². The second-order valence-corrected chi connectivity index (χ2v) is 4.65. The summed E-state index contributed by atoms with van der Waals surface area (Å²) in [5, 5.41) is 9.24. The number of benzene rings is 1. The first-order chi connectivity index (χ1) is 9.65. The van der Waals surface area contributed by atoms with Crippen molar-refractivity contribution in [1.29, 1.82) is 0 Å². The maximum absolute atomic E-state index is 11.3. The van der Waals surface area contributed by atoms with E-state index >= 15 is 0 Å². The summed E-state index contributed by atoms with van der Waals surface area (Å²) in [6.07, 6.45) is 4.24. The number of hydrogen-bond donors (Lipinski definition) is 1. The normalized spacial score (nSPS) is 10.8. The van der Waals surface area contributed by atoms with Crippen LogP contribution in [-0.4, -0.2) is 25.4 Å². The lowest BCUT2D eigenvalue weighted by Gasteiger charge is -2.03. The van der Waals surface area contributed by atoms with Crippen LogP contribution in [0, 0.1) is 6.92 Å². The van der Waals surface area contributed by atoms with Gasteiger partial charge in [0, 0.05) is 18.8 Å². The number of carboxylic acids is 1. The lowest BCUT2D eigenvalue weighted by Crippen LogP contribution is -2.05. The van der Waals surface area contributed by atoms with E-state index in [9.17, 15) is 9.90 Å². The SMILES string of the molecule is Cc1nc2ncc(Cc3ccccc3)cn2c1C(=O)O. The number of aromatic nitrogens is 3. The Morgan fingerprint density at radius 3 is 2.70 bits per heavy atom. The molecule has 0 amide bonds. The van der Waals surface area contributed by atoms with Crippen LogP contribution in [0.3, 0.4) is 0 Å². The number of rotatable bonds is 3. The third-order valence-electron chi connectivity index (χ3n) is 3.16. The van der Waals surface area contributed by atoms with Crippen LogP contribution in [0.25, 0.3) is 5.78 Å². The lowest BCUT2D eigenvalue weighted by atomic mass is 10.1. The van der Waals surface area contributed by atoms with Crippen molar-refractivity contribution in [1.82, 2.24) is 14.4 Å². The van der Waals surface area contributed by atoms with Gasteiger partial charge in [-0.15, -0.1) is 0 Å². The second kappa shape index (κ2) is 4.77. The number of nitrogens with zero attached hydrogens (tertiary/aromatic N) is 3. The van der Waals surface area contributed by atoms with E-state index in [0.29, 0.717) is 17.9 Å². The molecule has 2 heterocycles. The highest BCUT2D eigenvalue weighted by Crippen LogP contribution is 2.14. The molecule has 1 N–H and O–H groups in total. The molecule has 0 atom stereocenters. The molecule has 0 aliphatic carbocycles. The van der Waals surface area contributed by atoms with Gasteiger partial charge in [-0.1, -0.05) is 30.3 Å². The Hall–Kier alpha value is -2.69. The number of aryl methyl sites for hydroxylation is 1. The Morgan fingerprint density at radius 1 is 1.25 bits per heavy atom. The molecule has 2 aromatic heterocycles. The molecule has 0 fully saturated rings. The van der Waals surface area contributed by atoms with Gasteiger partial charge < -0.3 is 5.11 Å². The number of carboxylic acid groups (broad SMARTS) is 1. The van der Waals surface area contributed by atoms with Gasteiger partial charge in [0.25, 0.3) is 0 Å². The Morgan fingerprint density at radius 2 is 2.00 bits per heavy atom. The monoisotopic (exact) mass is 267 g/mol. The van der Waals surface area contributed by atoms with E-state index in [2.05, 4.69) is 9.97 Å². The predicted molar refractivity (Wildman–Crippen MR) is 73.9 cm³/mol. The van der Waals surface area contributed by atoms with Crippen LogP contribution in [0.5, 0.6) is 0 Å². The molecule has 0 aliphatic rings. The van der Waals surface area contributed by atoms with Gasteiger partial charge in [0.2, 0.25) is 5.78 Å². The maximum atomic E-state index is 11.3. The highest BCUT2D eigenvalue weighted by Gasteiger charge is 2.16. The molecule has 0 unspecified atom stereocenters. The number of imidazole rings is 1. The quantitative estimate of drug-likeness (QED) is 0.790. The summed E-state index contributed by atoms with van der Waals surface area (Å²) in [5.74, 6) is -0.578. The average Bonchev–Trinajstić information content (AvgIpc) is 2.75. The van der Waals surface area contributed by atoms with Gasteiger partial charge >= 0.3 is 5.97 Å². The fraction of sp³-hybridized carbons (Fsp3) is 0.133. The Bertz CT molecular complexity index is 778. The van der Waals surface area contributed by atoms with Crippen molar-refractivity contribution in [3.05, 3.63) is 65.2 Å². The Balaban J connectivity index is 2.06. The third kappa shape index (κ3) is 2.14. The van der Waals surface area contributed by atoms with Gasteiger partial charge in [-0.25, -0.2) is 14.8 Å². The minimum Gasteiger partial charge on any atom is -0.477 e. The van der Waals surface area contributed by atoms with Gasteiger partial charge in [-0.3, -0.25) is 4.40 Å². The van der Waals surface area contributed by atoms with Crippen molar-refractivity contribution in [2.24, 2.45) is 0 Å². The summed E-state index contributed by atoms with van der Waals surface area (Å²) < 4.78 is 1.54. The van der Waals surface area contributed by atoms with E-state index in [-0.39, 0.29) is 5.69 Å². The molecular formula is C15H13N3O2. The van der Waals surface area contributed by atoms with E-state index in [0.717, 1.165) is 11.1 Å². The fourth-order valence-electron chi connectivity index (χ4n) is 2.26. The van der Waals surface area contributed by atoms with Gasteiger partial charge in [0.1, 0.15) is 0 Å². The van der Waals surface area contributed by atoms with Gasteiger partial charge in [-0.05, 0) is 18.1 Å². The van der Waals surface area contributed by atoms with E-state index in [1.54, 1.807) is 19.3 Å². The zero-order valence-corrected chi connectivity index (χ0v) is 10.9. The molecule has 0 aliphatic heterocycles. The largest absolute Gasteiger partial charge is 0.477 e. The Kier molecular flexibility index (Phi) is 2.95. The first-order valence-corrected chi connectivity index (χ1v) is 6.26. The number of carbonyl (C=O) groups is 1. The Labute approximate surface area is 115 Å². The third-order valence-corrected chi connectivity index (χ3v) is 3.16. The van der Waals surface area contributed by atoms with Crippen LogP contribution in [0.15, 0.2) is 42.7 Å². The van der Waals surface area contributed by atoms with Gasteiger partial charge in [0.15, 0.2) is 5.69 Å². The molecule has 0 radical (unpaired) electrons. The highest BCUT2D eigenvalue weighted by molar-refractivity contribution is 5.88. The lowest BCUT2D eigenvalue weighted by molar-refractivity contribution is 0.0688. The van der Waals surface area contributed by atoms with Crippen molar-refractivity contribution in [2.45, 2.75) is 13.3 Å².